The summed E-state index contributed by atoms with van der Waals surface area (Å²) in [6.45, 7) is 0. The topological polar surface area (TPSA) is 46.7 Å². The van der Waals surface area contributed by atoms with Crippen LogP contribution >= 0.6 is 0 Å². The number of ether oxygens (including phenoxy) is 1. The molecule has 0 N–H and O–H groups in total. The van der Waals surface area contributed by atoms with Crippen LogP contribution in [0.1, 0.15) is 12.8 Å². The quantitative estimate of drug-likeness (QED) is 0.392. The predicted molar refractivity (Wildman–Crippen MR) is 41.9 cm³/mol. The van der Waals surface area contributed by atoms with Gasteiger partial charge in [-0.2, -0.15) is 0 Å². The maximum Gasteiger partial charge on any atom is 0.202 e. The first-order valence-electron chi connectivity index (χ1n) is 5.00. The Morgan fingerprint density at radius 2 is 1.85 bits per heavy atom. The molecule has 2 bridgehead atoms. The lowest BCUT2D eigenvalue weighted by atomic mass is 9.81. The first-order valence-corrected chi connectivity index (χ1v) is 5.00. The Hall–Kier alpha value is -0.700. The summed E-state index contributed by atoms with van der Waals surface area (Å²) < 4.78 is 5.50. The third-order valence-electron chi connectivity index (χ3n) is 4.42. The van der Waals surface area contributed by atoms with E-state index in [4.69, 9.17) is 4.74 Å². The van der Waals surface area contributed by atoms with E-state index in [9.17, 15) is 9.59 Å². The minimum Gasteiger partial charge on any atom is -0.369 e. The van der Waals surface area contributed by atoms with Gasteiger partial charge in [-0.15, -0.1) is 0 Å². The van der Waals surface area contributed by atoms with E-state index >= 15 is 0 Å². The van der Waals surface area contributed by atoms with Crippen molar-refractivity contribution in [2.24, 2.45) is 23.7 Å². The second kappa shape index (κ2) is 1.73. The van der Waals surface area contributed by atoms with E-state index in [2.05, 4.69) is 0 Å². The van der Waals surface area contributed by atoms with Crippen LogP contribution < -0.4 is 0 Å². The first kappa shape index (κ1) is 6.71. The number of epoxide rings is 1. The standard InChI is InChI=1S/C10H10O3/c11-6-2-3-4-1-5(7(3)8(6)12)10-9(4)13-10/h3-5,7,9-10H,1-2H2. The lowest BCUT2D eigenvalue weighted by Gasteiger charge is -2.18. The van der Waals surface area contributed by atoms with Gasteiger partial charge < -0.3 is 4.74 Å². The Bertz CT molecular complexity index is 335. The van der Waals surface area contributed by atoms with E-state index in [-0.39, 0.29) is 17.5 Å². The molecule has 3 nitrogen and oxygen atoms in total. The van der Waals surface area contributed by atoms with E-state index in [1.807, 2.05) is 0 Å². The predicted octanol–water partition coefficient (Wildman–Crippen LogP) is 0.178. The van der Waals surface area contributed by atoms with Gasteiger partial charge in [0, 0.05) is 12.3 Å². The second-order valence-corrected chi connectivity index (χ2v) is 4.81. The third kappa shape index (κ3) is 0.573. The molecule has 3 aliphatic carbocycles. The lowest BCUT2D eigenvalue weighted by Crippen LogP contribution is -2.28. The van der Waals surface area contributed by atoms with E-state index in [0.29, 0.717) is 36.4 Å². The average Bonchev–Trinajstić information content (AvgIpc) is 2.63. The number of hydrogen-bond acceptors (Lipinski definition) is 3. The fourth-order valence-electron chi connectivity index (χ4n) is 3.93. The molecule has 6 atom stereocenters. The summed E-state index contributed by atoms with van der Waals surface area (Å²) in [5.74, 6) is 1.14. The zero-order valence-corrected chi connectivity index (χ0v) is 7.10. The van der Waals surface area contributed by atoms with Gasteiger partial charge >= 0.3 is 0 Å². The second-order valence-electron chi connectivity index (χ2n) is 4.81. The summed E-state index contributed by atoms with van der Waals surface area (Å²) in [6.07, 6.45) is 2.42. The number of fused-ring (bicyclic) bond motifs is 8. The molecule has 4 rings (SSSR count). The Kier molecular flexibility index (Phi) is 0.894. The maximum absolute atomic E-state index is 11.5. The van der Waals surface area contributed by atoms with Gasteiger partial charge in [0.25, 0.3) is 0 Å². The number of Topliss-reactive ketones (excluding diaryl/α,β-unsaturated/α-hetero) is 2. The Morgan fingerprint density at radius 1 is 1.08 bits per heavy atom. The van der Waals surface area contributed by atoms with Gasteiger partial charge in [-0.3, -0.25) is 9.59 Å². The van der Waals surface area contributed by atoms with Crippen LogP contribution in [0.25, 0.3) is 0 Å². The lowest BCUT2D eigenvalue weighted by molar-refractivity contribution is -0.136. The molecule has 1 heterocycles. The van der Waals surface area contributed by atoms with Crippen molar-refractivity contribution in [3.63, 3.8) is 0 Å². The summed E-state index contributed by atoms with van der Waals surface area (Å²) >= 11 is 0. The van der Waals surface area contributed by atoms with Crippen LogP contribution in [-0.4, -0.2) is 23.8 Å². The minimum absolute atomic E-state index is 0.0567. The monoisotopic (exact) mass is 178 g/mol. The van der Waals surface area contributed by atoms with Crippen molar-refractivity contribution < 1.29 is 14.3 Å². The highest BCUT2D eigenvalue weighted by Gasteiger charge is 2.71. The smallest absolute Gasteiger partial charge is 0.202 e. The summed E-state index contributed by atoms with van der Waals surface area (Å²) in [5, 5.41) is 0. The number of rotatable bonds is 0. The van der Waals surface area contributed by atoms with Crippen LogP contribution in [0.3, 0.4) is 0 Å². The maximum atomic E-state index is 11.5. The summed E-state index contributed by atoms with van der Waals surface area (Å²) in [5.41, 5.74) is 0. The average molecular weight is 178 g/mol. The number of carbonyl (C=O) groups is 2. The molecule has 4 fully saturated rings. The fraction of sp³-hybridized carbons (Fsp3) is 0.800. The van der Waals surface area contributed by atoms with E-state index in [0.717, 1.165) is 6.42 Å². The van der Waals surface area contributed by atoms with Gasteiger partial charge in [0.15, 0.2) is 5.78 Å². The summed E-state index contributed by atoms with van der Waals surface area (Å²) in [6, 6.07) is 0. The molecular formula is C10H10O3. The number of carbonyl (C=O) groups excluding carboxylic acids is 2. The van der Waals surface area contributed by atoms with Gasteiger partial charge in [0.1, 0.15) is 0 Å². The highest BCUT2D eigenvalue weighted by atomic mass is 16.6. The van der Waals surface area contributed by atoms with Crippen LogP contribution in [0.2, 0.25) is 0 Å². The molecule has 0 aromatic rings. The highest BCUT2D eigenvalue weighted by Crippen LogP contribution is 2.64. The zero-order chi connectivity index (χ0) is 8.74. The van der Waals surface area contributed by atoms with Crippen molar-refractivity contribution in [1.29, 1.82) is 0 Å². The van der Waals surface area contributed by atoms with Gasteiger partial charge in [-0.05, 0) is 24.2 Å². The van der Waals surface area contributed by atoms with Crippen LogP contribution in [-0.2, 0) is 14.3 Å². The largest absolute Gasteiger partial charge is 0.369 e. The summed E-state index contributed by atoms with van der Waals surface area (Å²) in [4.78, 5) is 22.8. The van der Waals surface area contributed by atoms with Crippen LogP contribution in [0.5, 0.6) is 0 Å². The molecule has 3 saturated carbocycles. The van der Waals surface area contributed by atoms with Gasteiger partial charge in [0.2, 0.25) is 5.78 Å². The molecule has 0 amide bonds. The van der Waals surface area contributed by atoms with Crippen LogP contribution in [0.15, 0.2) is 0 Å². The molecule has 0 radical (unpaired) electrons. The Morgan fingerprint density at radius 3 is 2.69 bits per heavy atom. The van der Waals surface area contributed by atoms with E-state index in [1.54, 1.807) is 0 Å². The van der Waals surface area contributed by atoms with Gasteiger partial charge in [-0.1, -0.05) is 0 Å². The molecule has 13 heavy (non-hydrogen) atoms. The molecule has 6 unspecified atom stereocenters. The van der Waals surface area contributed by atoms with Crippen molar-refractivity contribution in [3.05, 3.63) is 0 Å². The molecule has 4 aliphatic rings. The number of hydrogen-bond donors (Lipinski definition) is 0. The van der Waals surface area contributed by atoms with E-state index < -0.39 is 0 Å². The van der Waals surface area contributed by atoms with Gasteiger partial charge in [0.05, 0.1) is 12.2 Å². The molecule has 0 spiro atoms. The molecule has 1 aliphatic heterocycles. The molecule has 68 valence electrons. The first-order chi connectivity index (χ1) is 6.27. The minimum atomic E-state index is -0.119. The molecule has 0 aromatic carbocycles. The van der Waals surface area contributed by atoms with Crippen molar-refractivity contribution in [3.8, 4) is 0 Å². The Labute approximate surface area is 75.4 Å². The molecular weight excluding hydrogens is 168 g/mol. The van der Waals surface area contributed by atoms with Crippen LogP contribution in [0, 0.1) is 23.7 Å². The zero-order valence-electron chi connectivity index (χ0n) is 7.10. The summed E-state index contributed by atoms with van der Waals surface area (Å²) in [7, 11) is 0. The normalized spacial score (nSPS) is 61.2. The van der Waals surface area contributed by atoms with Crippen molar-refractivity contribution in [1.82, 2.24) is 0 Å². The highest BCUT2D eigenvalue weighted by molar-refractivity contribution is 6.40. The van der Waals surface area contributed by atoms with Crippen molar-refractivity contribution >= 4 is 11.6 Å². The third-order valence-corrected chi connectivity index (χ3v) is 4.42. The van der Waals surface area contributed by atoms with Crippen molar-refractivity contribution in [2.45, 2.75) is 25.0 Å². The Balaban J connectivity index is 1.81. The molecule has 0 aromatic heterocycles. The fourth-order valence-corrected chi connectivity index (χ4v) is 3.93. The van der Waals surface area contributed by atoms with Crippen molar-refractivity contribution in [2.75, 3.05) is 0 Å². The molecule has 1 saturated heterocycles. The van der Waals surface area contributed by atoms with E-state index in [1.165, 1.54) is 0 Å². The number of ketones is 2. The van der Waals surface area contributed by atoms with Crippen LogP contribution in [0.4, 0.5) is 0 Å². The van der Waals surface area contributed by atoms with Gasteiger partial charge in [-0.25, -0.2) is 0 Å². The molecule has 3 heteroatoms. The SMILES string of the molecule is O=C1CC2C3CC(C4OC34)C2C1=O.